The van der Waals surface area contributed by atoms with Crippen molar-refractivity contribution < 1.29 is 4.74 Å². The van der Waals surface area contributed by atoms with Crippen LogP contribution in [0.15, 0.2) is 36.4 Å². The molecule has 0 saturated heterocycles. The maximum absolute atomic E-state index is 5.82. The molecular formula is C14H13NO. The van der Waals surface area contributed by atoms with Crippen LogP contribution in [0.2, 0.25) is 0 Å². The Labute approximate surface area is 94.9 Å². The summed E-state index contributed by atoms with van der Waals surface area (Å²) in [5.74, 6) is 1.78. The second-order valence-corrected chi connectivity index (χ2v) is 4.23. The fourth-order valence-electron chi connectivity index (χ4n) is 1.92. The van der Waals surface area contributed by atoms with Gasteiger partial charge < -0.3 is 10.1 Å². The highest BCUT2D eigenvalue weighted by Crippen LogP contribution is 2.42. The molecule has 0 aromatic heterocycles. The lowest BCUT2D eigenvalue weighted by molar-refractivity contribution is 0.481. The first-order valence-corrected chi connectivity index (χ1v) is 5.38. The van der Waals surface area contributed by atoms with Crippen LogP contribution in [0, 0.1) is 13.8 Å². The zero-order valence-electron chi connectivity index (χ0n) is 9.37. The Kier molecular flexibility index (Phi) is 1.90. The predicted octanol–water partition coefficient (Wildman–Crippen LogP) is 4.15. The van der Waals surface area contributed by atoms with Crippen molar-refractivity contribution in [2.75, 3.05) is 5.32 Å². The molecule has 0 radical (unpaired) electrons. The second-order valence-electron chi connectivity index (χ2n) is 4.23. The van der Waals surface area contributed by atoms with Gasteiger partial charge in [0.1, 0.15) is 0 Å². The molecule has 2 heteroatoms. The Morgan fingerprint density at radius 3 is 1.81 bits per heavy atom. The highest BCUT2D eigenvalue weighted by molar-refractivity contribution is 5.76. The van der Waals surface area contributed by atoms with Crippen LogP contribution in [-0.2, 0) is 0 Å². The summed E-state index contributed by atoms with van der Waals surface area (Å²) in [5, 5.41) is 3.40. The molecule has 1 N–H and O–H groups in total. The Hall–Kier alpha value is -1.96. The van der Waals surface area contributed by atoms with E-state index >= 15 is 0 Å². The third-order valence-electron chi connectivity index (χ3n) is 2.76. The van der Waals surface area contributed by atoms with E-state index in [1.165, 1.54) is 11.1 Å². The van der Waals surface area contributed by atoms with Gasteiger partial charge in [0.05, 0.1) is 11.4 Å². The molecule has 0 spiro atoms. The molecule has 0 atom stereocenters. The summed E-state index contributed by atoms with van der Waals surface area (Å²) in [5.41, 5.74) is 4.54. The second kappa shape index (κ2) is 3.27. The van der Waals surface area contributed by atoms with Crippen LogP contribution in [0.25, 0.3) is 0 Å². The molecule has 2 aromatic rings. The molecule has 2 nitrogen and oxygen atoms in total. The van der Waals surface area contributed by atoms with Crippen molar-refractivity contribution in [3.8, 4) is 11.5 Å². The largest absolute Gasteiger partial charge is 0.453 e. The van der Waals surface area contributed by atoms with Crippen molar-refractivity contribution in [3.05, 3.63) is 47.5 Å². The van der Waals surface area contributed by atoms with Crippen LogP contribution < -0.4 is 10.1 Å². The quantitative estimate of drug-likeness (QED) is 0.603. The minimum absolute atomic E-state index is 0.891. The number of ether oxygens (including phenoxy) is 1. The normalized spacial score (nSPS) is 12.1. The number of rotatable bonds is 0. The van der Waals surface area contributed by atoms with Gasteiger partial charge in [-0.2, -0.15) is 0 Å². The zero-order chi connectivity index (χ0) is 11.1. The topological polar surface area (TPSA) is 21.3 Å². The summed E-state index contributed by atoms with van der Waals surface area (Å²) in [6, 6.07) is 12.3. The molecule has 0 fully saturated rings. The molecule has 1 heterocycles. The number of benzene rings is 2. The molecule has 80 valence electrons. The van der Waals surface area contributed by atoms with Gasteiger partial charge in [0, 0.05) is 0 Å². The van der Waals surface area contributed by atoms with Gasteiger partial charge in [0.15, 0.2) is 11.5 Å². The molecule has 1 aliphatic heterocycles. The van der Waals surface area contributed by atoms with E-state index in [1.54, 1.807) is 0 Å². The predicted molar refractivity (Wildman–Crippen MR) is 65.7 cm³/mol. The van der Waals surface area contributed by atoms with E-state index in [9.17, 15) is 0 Å². The first-order valence-electron chi connectivity index (χ1n) is 5.38. The monoisotopic (exact) mass is 211 g/mol. The van der Waals surface area contributed by atoms with Crippen LogP contribution >= 0.6 is 0 Å². The average Bonchev–Trinajstić information content (AvgIpc) is 2.26. The molecule has 3 rings (SSSR count). The Balaban J connectivity index is 2.10. The highest BCUT2D eigenvalue weighted by atomic mass is 16.5. The van der Waals surface area contributed by atoms with Gasteiger partial charge in [-0.3, -0.25) is 0 Å². The van der Waals surface area contributed by atoms with Gasteiger partial charge in [0.25, 0.3) is 0 Å². The molecule has 1 aliphatic rings. The number of aryl methyl sites for hydroxylation is 2. The molecule has 0 saturated carbocycles. The van der Waals surface area contributed by atoms with Crippen molar-refractivity contribution >= 4 is 11.4 Å². The van der Waals surface area contributed by atoms with Crippen molar-refractivity contribution in [1.29, 1.82) is 0 Å². The van der Waals surface area contributed by atoms with E-state index in [2.05, 4.69) is 43.4 Å². The van der Waals surface area contributed by atoms with Gasteiger partial charge >= 0.3 is 0 Å². The highest BCUT2D eigenvalue weighted by Gasteiger charge is 2.15. The summed E-state index contributed by atoms with van der Waals surface area (Å²) >= 11 is 0. The number of nitrogens with one attached hydrogen (secondary N) is 1. The van der Waals surface area contributed by atoms with E-state index in [0.29, 0.717) is 0 Å². The van der Waals surface area contributed by atoms with Crippen LogP contribution in [0.4, 0.5) is 11.4 Å². The molecular weight excluding hydrogens is 198 g/mol. The van der Waals surface area contributed by atoms with Gasteiger partial charge in [-0.25, -0.2) is 0 Å². The van der Waals surface area contributed by atoms with Gasteiger partial charge in [-0.05, 0) is 49.2 Å². The van der Waals surface area contributed by atoms with Crippen LogP contribution in [0.5, 0.6) is 11.5 Å². The van der Waals surface area contributed by atoms with E-state index in [0.717, 1.165) is 22.9 Å². The zero-order valence-corrected chi connectivity index (χ0v) is 9.37. The lowest BCUT2D eigenvalue weighted by Gasteiger charge is -2.22. The van der Waals surface area contributed by atoms with Gasteiger partial charge in [0.2, 0.25) is 0 Å². The molecule has 2 aromatic carbocycles. The summed E-state index contributed by atoms with van der Waals surface area (Å²) in [6.07, 6.45) is 0. The standard InChI is InChI=1S/C14H13NO/c1-9-3-5-13-11(7-9)15-12-8-10(2)4-6-14(12)16-13/h3-8,15H,1-2H3. The van der Waals surface area contributed by atoms with Crippen LogP contribution in [-0.4, -0.2) is 0 Å². The van der Waals surface area contributed by atoms with E-state index in [4.69, 9.17) is 4.74 Å². The lowest BCUT2D eigenvalue weighted by Crippen LogP contribution is -2.03. The van der Waals surface area contributed by atoms with Crippen LogP contribution in [0.3, 0.4) is 0 Å². The van der Waals surface area contributed by atoms with Crippen molar-refractivity contribution in [3.63, 3.8) is 0 Å². The van der Waals surface area contributed by atoms with Crippen LogP contribution in [0.1, 0.15) is 11.1 Å². The first-order chi connectivity index (χ1) is 7.72. The number of hydrogen-bond acceptors (Lipinski definition) is 2. The summed E-state index contributed by atoms with van der Waals surface area (Å²) < 4.78 is 5.82. The molecule has 0 aliphatic carbocycles. The molecule has 16 heavy (non-hydrogen) atoms. The third kappa shape index (κ3) is 1.43. The average molecular weight is 211 g/mol. The number of anilines is 2. The third-order valence-corrected chi connectivity index (χ3v) is 2.76. The maximum atomic E-state index is 5.82. The summed E-state index contributed by atoms with van der Waals surface area (Å²) in [7, 11) is 0. The minimum Gasteiger partial charge on any atom is -0.453 e. The van der Waals surface area contributed by atoms with E-state index < -0.39 is 0 Å². The van der Waals surface area contributed by atoms with Gasteiger partial charge in [-0.15, -0.1) is 0 Å². The van der Waals surface area contributed by atoms with E-state index in [1.807, 2.05) is 12.1 Å². The Bertz CT molecular complexity index is 511. The van der Waals surface area contributed by atoms with E-state index in [-0.39, 0.29) is 0 Å². The van der Waals surface area contributed by atoms with Crippen molar-refractivity contribution in [1.82, 2.24) is 0 Å². The van der Waals surface area contributed by atoms with Crippen molar-refractivity contribution in [2.24, 2.45) is 0 Å². The Morgan fingerprint density at radius 2 is 1.31 bits per heavy atom. The summed E-state index contributed by atoms with van der Waals surface area (Å²) in [6.45, 7) is 4.15. The van der Waals surface area contributed by atoms with Gasteiger partial charge in [-0.1, -0.05) is 12.1 Å². The minimum atomic E-state index is 0.891. The molecule has 0 bridgehead atoms. The maximum Gasteiger partial charge on any atom is 0.150 e. The Morgan fingerprint density at radius 1 is 0.812 bits per heavy atom. The first kappa shape index (κ1) is 9.28. The summed E-state index contributed by atoms with van der Waals surface area (Å²) in [4.78, 5) is 0. The smallest absolute Gasteiger partial charge is 0.150 e. The fourth-order valence-corrected chi connectivity index (χ4v) is 1.92. The fraction of sp³-hybridized carbons (Fsp3) is 0.143. The SMILES string of the molecule is Cc1ccc2c(c1)Nc1cc(C)ccc1O2. The molecule has 0 unspecified atom stereocenters. The number of fused-ring (bicyclic) bond motifs is 2. The molecule has 0 amide bonds. The lowest BCUT2D eigenvalue weighted by atomic mass is 10.1. The number of hydrogen-bond donors (Lipinski definition) is 1. The van der Waals surface area contributed by atoms with Crippen molar-refractivity contribution in [2.45, 2.75) is 13.8 Å².